The third-order valence-corrected chi connectivity index (χ3v) is 10.3. The van der Waals surface area contributed by atoms with E-state index in [1.54, 1.807) is 42.5 Å². The predicted molar refractivity (Wildman–Crippen MR) is 287 cm³/mol. The van der Waals surface area contributed by atoms with Gasteiger partial charge in [-0.25, -0.2) is 0 Å². The highest BCUT2D eigenvalue weighted by Gasteiger charge is 2.14. The minimum Gasteiger partial charge on any atom is -0.399 e. The molecule has 6 rings (SSSR count). The number of anilines is 5. The molecule has 0 spiro atoms. The highest BCUT2D eigenvalue weighted by Crippen LogP contribution is 2.25. The van der Waals surface area contributed by atoms with Gasteiger partial charge in [-0.05, 0) is 110 Å². The van der Waals surface area contributed by atoms with Crippen molar-refractivity contribution in [3.05, 3.63) is 195 Å². The van der Waals surface area contributed by atoms with Crippen molar-refractivity contribution in [1.29, 1.82) is 0 Å². The van der Waals surface area contributed by atoms with E-state index in [0.717, 1.165) is 41.9 Å². The van der Waals surface area contributed by atoms with E-state index < -0.39 is 14.8 Å². The molecule has 0 radical (unpaired) electrons. The van der Waals surface area contributed by atoms with Crippen molar-refractivity contribution < 1.29 is 24.4 Å². The van der Waals surface area contributed by atoms with E-state index >= 15 is 0 Å². The lowest BCUT2D eigenvalue weighted by atomic mass is 10.1. The van der Waals surface area contributed by atoms with Crippen LogP contribution in [0.1, 0.15) is 88.8 Å². The molecule has 0 aromatic heterocycles. The molecule has 0 aliphatic carbocycles. The second-order valence-electron chi connectivity index (χ2n) is 15.0. The van der Waals surface area contributed by atoms with Gasteiger partial charge in [0.1, 0.15) is 0 Å². The molecule has 70 heavy (non-hydrogen) atoms. The Bertz CT molecular complexity index is 2570. The molecule has 0 unspecified atom stereocenters. The average molecular weight is 1000 g/mol. The van der Waals surface area contributed by atoms with Crippen LogP contribution < -0.4 is 27.8 Å². The van der Waals surface area contributed by atoms with E-state index in [2.05, 4.69) is 43.5 Å². The molecule has 0 aliphatic heterocycles. The van der Waals surface area contributed by atoms with Crippen LogP contribution in [0.25, 0.3) is 0 Å². The molecule has 0 aliphatic rings. The molecule has 16 nitrogen and oxygen atoms in total. The van der Waals surface area contributed by atoms with Crippen LogP contribution in [0.15, 0.2) is 121 Å². The number of nitro groups is 3. The summed E-state index contributed by atoms with van der Waals surface area (Å²) < 4.78 is 0. The van der Waals surface area contributed by atoms with Crippen LogP contribution in [0.3, 0.4) is 0 Å². The molecular weight excluding hydrogens is 936 g/mol. The van der Waals surface area contributed by atoms with Gasteiger partial charge in [0.25, 0.3) is 17.1 Å². The summed E-state index contributed by atoms with van der Waals surface area (Å²) in [6.45, 7) is 14.8. The van der Waals surface area contributed by atoms with Crippen molar-refractivity contribution in [2.45, 2.75) is 93.9 Å². The third kappa shape index (κ3) is 23.0. The van der Waals surface area contributed by atoms with Gasteiger partial charge >= 0.3 is 0 Å². The van der Waals surface area contributed by atoms with Crippen molar-refractivity contribution in [3.63, 3.8) is 0 Å². The van der Waals surface area contributed by atoms with Crippen LogP contribution in [-0.2, 0) is 48.1 Å². The number of carbonyl (C=O) groups is 2. The Kier molecular flexibility index (Phi) is 27.8. The zero-order chi connectivity index (χ0) is 52.9. The van der Waals surface area contributed by atoms with Gasteiger partial charge in [0.2, 0.25) is 11.8 Å². The highest BCUT2D eigenvalue weighted by molar-refractivity contribution is 6.31. The van der Waals surface area contributed by atoms with Crippen molar-refractivity contribution in [3.8, 4) is 0 Å². The summed E-state index contributed by atoms with van der Waals surface area (Å²) in [7, 11) is 0. The highest BCUT2D eigenvalue weighted by atomic mass is 35.5. The van der Waals surface area contributed by atoms with E-state index in [-0.39, 0.29) is 28.9 Å². The predicted octanol–water partition coefficient (Wildman–Crippen LogP) is 13.2. The van der Waals surface area contributed by atoms with Crippen LogP contribution in [0.2, 0.25) is 10.0 Å². The van der Waals surface area contributed by atoms with Gasteiger partial charge < -0.3 is 27.8 Å². The minimum absolute atomic E-state index is 0.0285. The Hall–Kier alpha value is -7.56. The van der Waals surface area contributed by atoms with Gasteiger partial charge in [-0.3, -0.25) is 39.9 Å². The van der Waals surface area contributed by atoms with Gasteiger partial charge in [-0.1, -0.05) is 113 Å². The third-order valence-electron chi connectivity index (χ3n) is 9.85. The molecule has 374 valence electrons. The van der Waals surface area contributed by atoms with E-state index in [1.807, 2.05) is 69.3 Å². The van der Waals surface area contributed by atoms with E-state index in [1.165, 1.54) is 43.2 Å². The van der Waals surface area contributed by atoms with E-state index in [4.69, 9.17) is 40.4 Å². The van der Waals surface area contributed by atoms with Crippen LogP contribution in [0, 0.1) is 30.3 Å². The first kappa shape index (κ1) is 60.5. The molecule has 8 N–H and O–H groups in total. The molecule has 0 heterocycles. The van der Waals surface area contributed by atoms with Gasteiger partial charge in [0, 0.05) is 87.2 Å². The maximum atomic E-state index is 10.8. The Morgan fingerprint density at radius 1 is 0.443 bits per heavy atom. The lowest BCUT2D eigenvalue weighted by Crippen LogP contribution is -2.06. The lowest BCUT2D eigenvalue weighted by molar-refractivity contribution is -0.385. The van der Waals surface area contributed by atoms with Crippen LogP contribution in [-0.4, -0.2) is 26.6 Å². The largest absolute Gasteiger partial charge is 0.399 e. The molecule has 18 heteroatoms. The van der Waals surface area contributed by atoms with Gasteiger partial charge in [0.15, 0.2) is 0 Å². The number of nitro benzene ring substituents is 3. The van der Waals surface area contributed by atoms with Gasteiger partial charge in [-0.15, -0.1) is 0 Å². The first-order valence-electron chi connectivity index (χ1n) is 22.4. The lowest BCUT2D eigenvalue weighted by Gasteiger charge is -2.04. The standard InChI is InChI=1S/C10H12N2O3.C10H13NO.C8H8ClNO2.C8H10ClN.C8H10N2O2.C8H11N/c1-3-8-4-5-9(11-7(2)13)6-10(8)12(14)15;1-3-9-4-6-10(7-5-9)11-8(2)12;1-2-6-3-4-7(9)5-8(6)10(11)12;1-2-6-3-4-7(9)5-8(6)10;1-2-6-3-4-7(9)5-8(6)10(11)12;1-2-7-3-5-8(9)6-4-7/h4-6H,3H2,1-2H3,(H,11,13);4-7H,3H2,1-2H3,(H,11,12);3-5H,2H2,1H3;3-5H,2,10H2,1H3;3-5H,2,9H2,1H3;3-6H,2,9H2,1H3. The second kappa shape index (κ2) is 32.2. The maximum absolute atomic E-state index is 10.8. The molecule has 0 saturated heterocycles. The monoisotopic (exact) mass is 998 g/mol. The molecule has 0 bridgehead atoms. The Balaban J connectivity index is 0.000000423. The molecule has 6 aromatic carbocycles. The molecule has 2 amide bonds. The topological polar surface area (TPSA) is 266 Å². The van der Waals surface area contributed by atoms with Crippen molar-refractivity contribution >= 4 is 80.5 Å². The first-order chi connectivity index (χ1) is 33.1. The molecule has 0 saturated carbocycles. The Labute approximate surface area is 420 Å². The number of benzene rings is 6. The number of rotatable bonds is 11. The number of carbonyl (C=O) groups excluding carboxylic acids is 2. The fraction of sp³-hybridized carbons (Fsp3) is 0.269. The van der Waals surface area contributed by atoms with Crippen molar-refractivity contribution in [2.75, 3.05) is 27.8 Å². The van der Waals surface area contributed by atoms with E-state index in [0.29, 0.717) is 57.4 Å². The minimum atomic E-state index is -0.440. The normalized spacial score (nSPS) is 9.69. The molecular formula is C52H64Cl2N8O8. The first-order valence-corrected chi connectivity index (χ1v) is 23.1. The number of nitrogen functional groups attached to an aromatic ring is 3. The number of nitrogens with zero attached hydrogens (tertiary/aromatic N) is 3. The number of halogens is 2. The van der Waals surface area contributed by atoms with Crippen molar-refractivity contribution in [1.82, 2.24) is 0 Å². The summed E-state index contributed by atoms with van der Waals surface area (Å²) in [5.74, 6) is -0.271. The number of hydrogen-bond donors (Lipinski definition) is 5. The van der Waals surface area contributed by atoms with Crippen LogP contribution in [0.5, 0.6) is 0 Å². The summed E-state index contributed by atoms with van der Waals surface area (Å²) in [6, 6.07) is 35.6. The maximum Gasteiger partial charge on any atom is 0.274 e. The molecule has 0 fully saturated rings. The smallest absolute Gasteiger partial charge is 0.274 e. The Morgan fingerprint density at radius 2 is 0.786 bits per heavy atom. The van der Waals surface area contributed by atoms with E-state index in [9.17, 15) is 39.9 Å². The number of hydrogen-bond acceptors (Lipinski definition) is 11. The fourth-order valence-corrected chi connectivity index (χ4v) is 6.38. The quantitative estimate of drug-likeness (QED) is 0.0463. The number of nitrogens with one attached hydrogen (secondary N) is 2. The van der Waals surface area contributed by atoms with Gasteiger partial charge in [0.05, 0.1) is 14.8 Å². The zero-order valence-corrected chi connectivity index (χ0v) is 42.4. The zero-order valence-electron chi connectivity index (χ0n) is 40.9. The molecule has 0 atom stereocenters. The van der Waals surface area contributed by atoms with Crippen LogP contribution in [0.4, 0.5) is 45.5 Å². The fourth-order valence-electron chi connectivity index (χ4n) is 6.04. The number of nitrogens with two attached hydrogens (primary N) is 3. The summed E-state index contributed by atoms with van der Waals surface area (Å²) >= 11 is 11.3. The number of amides is 2. The molecule has 6 aromatic rings. The SMILES string of the molecule is CCc1ccc(Cl)cc1N.CCc1ccc(Cl)cc1[N+](=O)[O-].CCc1ccc(N)cc1.CCc1ccc(N)cc1[N+](=O)[O-].CCc1ccc(NC(C)=O)cc1.CCc1ccc(NC(C)=O)cc1[N+](=O)[O-]. The summed E-state index contributed by atoms with van der Waals surface area (Å²) in [5, 5.41) is 38.0. The van der Waals surface area contributed by atoms with Crippen LogP contribution >= 0.6 is 23.2 Å². The number of aryl methyl sites for hydroxylation is 6. The second-order valence-corrected chi connectivity index (χ2v) is 15.9. The summed E-state index contributed by atoms with van der Waals surface area (Å²) in [4.78, 5) is 51.8. The summed E-state index contributed by atoms with van der Waals surface area (Å²) in [6.07, 6.45) is 4.96. The average Bonchev–Trinajstić information content (AvgIpc) is 3.32. The van der Waals surface area contributed by atoms with Gasteiger partial charge in [-0.2, -0.15) is 0 Å². The summed E-state index contributed by atoms with van der Waals surface area (Å²) in [5.41, 5.74) is 26.0. The van der Waals surface area contributed by atoms with Crippen molar-refractivity contribution in [2.24, 2.45) is 0 Å². The Morgan fingerprint density at radius 3 is 1.20 bits per heavy atom.